The smallest absolute Gasteiger partial charge is 0.240 e. The summed E-state index contributed by atoms with van der Waals surface area (Å²) in [6.45, 7) is 9.31. The predicted molar refractivity (Wildman–Crippen MR) is 110 cm³/mol. The van der Waals surface area contributed by atoms with Crippen LogP contribution in [0.1, 0.15) is 17.5 Å². The van der Waals surface area contributed by atoms with Gasteiger partial charge in [-0.1, -0.05) is 12.1 Å². The van der Waals surface area contributed by atoms with Gasteiger partial charge in [-0.05, 0) is 51.1 Å². The highest BCUT2D eigenvalue weighted by Gasteiger charge is 2.22. The Hall–Kier alpha value is -1.64. The monoisotopic (exact) mass is 396 g/mol. The van der Waals surface area contributed by atoms with E-state index in [2.05, 4.69) is 22.2 Å². The van der Waals surface area contributed by atoms with E-state index in [0.717, 1.165) is 56.5 Å². The molecule has 1 fully saturated rings. The number of likely N-dealkylation sites (N-methyl/N-ethyl adjacent to an activating group) is 1. The van der Waals surface area contributed by atoms with E-state index < -0.39 is 10.0 Å². The van der Waals surface area contributed by atoms with Gasteiger partial charge < -0.3 is 15.1 Å². The van der Waals surface area contributed by atoms with E-state index in [4.69, 9.17) is 0 Å². The second-order valence-corrected chi connectivity index (χ2v) is 9.31. The average molecular weight is 397 g/mol. The zero-order valence-corrected chi connectivity index (χ0v) is 17.7. The van der Waals surface area contributed by atoms with Gasteiger partial charge in [-0.2, -0.15) is 0 Å². The minimum absolute atomic E-state index is 0.197. The number of hydrogen-bond donors (Lipinski definition) is 1. The molecule has 1 saturated heterocycles. The standard InChI is InChI=1S/C19H32N4O3S/c1-16-6-7-17(2)18(14-16)23(27(4,25)26)15-19(24)20-8-5-9-22-12-10-21(3)11-13-22/h6-7,14H,5,8-13,15H2,1-4H3,(H,20,24). The number of carbonyl (C=O) groups is 1. The Kier molecular flexibility index (Phi) is 7.64. The van der Waals surface area contributed by atoms with E-state index >= 15 is 0 Å². The van der Waals surface area contributed by atoms with Crippen molar-refractivity contribution in [3.8, 4) is 0 Å². The van der Waals surface area contributed by atoms with Crippen LogP contribution in [0.15, 0.2) is 18.2 Å². The molecular weight excluding hydrogens is 364 g/mol. The third-order valence-electron chi connectivity index (χ3n) is 4.89. The van der Waals surface area contributed by atoms with Crippen LogP contribution >= 0.6 is 0 Å². The van der Waals surface area contributed by atoms with Crippen molar-refractivity contribution in [3.05, 3.63) is 29.3 Å². The molecule has 27 heavy (non-hydrogen) atoms. The van der Waals surface area contributed by atoms with Crippen LogP contribution in [0.2, 0.25) is 0 Å². The van der Waals surface area contributed by atoms with Crippen molar-refractivity contribution >= 4 is 21.6 Å². The van der Waals surface area contributed by atoms with Gasteiger partial charge in [0, 0.05) is 32.7 Å². The van der Waals surface area contributed by atoms with Crippen LogP contribution < -0.4 is 9.62 Å². The number of hydrogen-bond acceptors (Lipinski definition) is 5. The minimum Gasteiger partial charge on any atom is -0.354 e. The van der Waals surface area contributed by atoms with E-state index in [-0.39, 0.29) is 12.5 Å². The summed E-state index contributed by atoms with van der Waals surface area (Å²) in [6.07, 6.45) is 1.99. The van der Waals surface area contributed by atoms with Crippen LogP contribution in [0.4, 0.5) is 5.69 Å². The first-order chi connectivity index (χ1) is 12.7. The number of anilines is 1. The minimum atomic E-state index is -3.55. The lowest BCUT2D eigenvalue weighted by Gasteiger charge is -2.32. The van der Waals surface area contributed by atoms with Gasteiger partial charge in [0.1, 0.15) is 6.54 Å². The lowest BCUT2D eigenvalue weighted by molar-refractivity contribution is -0.119. The van der Waals surface area contributed by atoms with E-state index in [9.17, 15) is 13.2 Å². The number of piperazine rings is 1. The Morgan fingerprint density at radius 1 is 1.19 bits per heavy atom. The number of benzene rings is 1. The lowest BCUT2D eigenvalue weighted by Crippen LogP contribution is -2.45. The molecule has 1 amide bonds. The first kappa shape index (κ1) is 21.7. The molecule has 0 spiro atoms. The molecule has 1 aromatic rings. The summed E-state index contributed by atoms with van der Waals surface area (Å²) in [5.41, 5.74) is 2.34. The summed E-state index contributed by atoms with van der Waals surface area (Å²) in [4.78, 5) is 17.0. The third-order valence-corrected chi connectivity index (χ3v) is 6.02. The normalized spacial score (nSPS) is 16.3. The Labute approximate surface area is 163 Å². The Morgan fingerprint density at radius 2 is 1.85 bits per heavy atom. The number of nitrogens with one attached hydrogen (secondary N) is 1. The molecule has 1 aliphatic rings. The number of rotatable bonds is 8. The molecular formula is C19H32N4O3S. The molecule has 0 unspecified atom stereocenters. The summed E-state index contributed by atoms with van der Waals surface area (Å²) in [5.74, 6) is -0.278. The molecule has 8 heteroatoms. The van der Waals surface area contributed by atoms with Gasteiger partial charge >= 0.3 is 0 Å². The molecule has 2 rings (SSSR count). The molecule has 0 aromatic heterocycles. The van der Waals surface area contributed by atoms with Crippen LogP contribution in [-0.4, -0.2) is 83.2 Å². The molecule has 0 aliphatic carbocycles. The molecule has 0 atom stereocenters. The molecule has 1 heterocycles. The van der Waals surface area contributed by atoms with Gasteiger partial charge in [-0.25, -0.2) is 8.42 Å². The fourth-order valence-corrected chi connectivity index (χ4v) is 4.06. The Bertz CT molecular complexity index is 743. The van der Waals surface area contributed by atoms with E-state index in [1.165, 1.54) is 4.31 Å². The van der Waals surface area contributed by atoms with Gasteiger partial charge in [-0.3, -0.25) is 9.10 Å². The van der Waals surface area contributed by atoms with Gasteiger partial charge in [0.05, 0.1) is 11.9 Å². The Balaban J connectivity index is 1.86. The predicted octanol–water partition coefficient (Wildman–Crippen LogP) is 0.823. The Morgan fingerprint density at radius 3 is 2.48 bits per heavy atom. The average Bonchev–Trinajstić information content (AvgIpc) is 2.59. The summed E-state index contributed by atoms with van der Waals surface area (Å²) < 4.78 is 25.6. The number of amides is 1. The summed E-state index contributed by atoms with van der Waals surface area (Å²) in [6, 6.07) is 5.60. The van der Waals surface area contributed by atoms with Crippen LogP contribution in [0.25, 0.3) is 0 Å². The van der Waals surface area contributed by atoms with Crippen molar-refractivity contribution in [2.75, 3.05) is 63.4 Å². The zero-order chi connectivity index (χ0) is 20.0. The van der Waals surface area contributed by atoms with Crippen LogP contribution in [0.5, 0.6) is 0 Å². The zero-order valence-electron chi connectivity index (χ0n) is 16.9. The largest absolute Gasteiger partial charge is 0.354 e. The third kappa shape index (κ3) is 6.79. The maximum atomic E-state index is 12.3. The molecule has 0 saturated carbocycles. The van der Waals surface area contributed by atoms with Gasteiger partial charge in [0.15, 0.2) is 0 Å². The molecule has 152 valence electrons. The van der Waals surface area contributed by atoms with Crippen molar-refractivity contribution in [2.45, 2.75) is 20.3 Å². The summed E-state index contributed by atoms with van der Waals surface area (Å²) in [7, 11) is -1.42. The number of aryl methyl sites for hydroxylation is 2. The highest BCUT2D eigenvalue weighted by Crippen LogP contribution is 2.23. The fourth-order valence-electron chi connectivity index (χ4n) is 3.16. The topological polar surface area (TPSA) is 73.0 Å². The second kappa shape index (κ2) is 9.52. The van der Waals surface area contributed by atoms with Gasteiger partial charge in [0.25, 0.3) is 0 Å². The van der Waals surface area contributed by atoms with Crippen molar-refractivity contribution in [1.29, 1.82) is 0 Å². The number of sulfonamides is 1. The van der Waals surface area contributed by atoms with E-state index in [1.807, 2.05) is 26.0 Å². The molecule has 0 bridgehead atoms. The molecule has 1 N–H and O–H groups in total. The van der Waals surface area contributed by atoms with Crippen molar-refractivity contribution in [1.82, 2.24) is 15.1 Å². The highest BCUT2D eigenvalue weighted by molar-refractivity contribution is 7.92. The quantitative estimate of drug-likeness (QED) is 0.659. The number of carbonyl (C=O) groups excluding carboxylic acids is 1. The van der Waals surface area contributed by atoms with Crippen LogP contribution in [0.3, 0.4) is 0 Å². The second-order valence-electron chi connectivity index (χ2n) is 7.41. The molecule has 0 radical (unpaired) electrons. The van der Waals surface area contributed by atoms with Gasteiger partial charge in [0.2, 0.25) is 15.9 Å². The maximum absolute atomic E-state index is 12.3. The maximum Gasteiger partial charge on any atom is 0.240 e. The van der Waals surface area contributed by atoms with Crippen molar-refractivity contribution in [2.24, 2.45) is 0 Å². The molecule has 1 aliphatic heterocycles. The van der Waals surface area contributed by atoms with Gasteiger partial charge in [-0.15, -0.1) is 0 Å². The van der Waals surface area contributed by atoms with Crippen molar-refractivity contribution in [3.63, 3.8) is 0 Å². The first-order valence-electron chi connectivity index (χ1n) is 9.39. The molecule has 7 nitrogen and oxygen atoms in total. The fraction of sp³-hybridized carbons (Fsp3) is 0.632. The van der Waals surface area contributed by atoms with E-state index in [1.54, 1.807) is 6.07 Å². The summed E-state index contributed by atoms with van der Waals surface area (Å²) >= 11 is 0. The van der Waals surface area contributed by atoms with Crippen LogP contribution in [0, 0.1) is 13.8 Å². The van der Waals surface area contributed by atoms with Crippen molar-refractivity contribution < 1.29 is 13.2 Å². The summed E-state index contributed by atoms with van der Waals surface area (Å²) in [5, 5.41) is 2.86. The lowest BCUT2D eigenvalue weighted by atomic mass is 10.1. The SMILES string of the molecule is Cc1ccc(C)c(N(CC(=O)NCCCN2CCN(C)CC2)S(C)(=O)=O)c1. The first-order valence-corrected chi connectivity index (χ1v) is 11.2. The van der Waals surface area contributed by atoms with Crippen LogP contribution in [-0.2, 0) is 14.8 Å². The van der Waals surface area contributed by atoms with E-state index in [0.29, 0.717) is 12.2 Å². The highest BCUT2D eigenvalue weighted by atomic mass is 32.2. The molecule has 1 aromatic carbocycles. The number of nitrogens with zero attached hydrogens (tertiary/aromatic N) is 3.